The molecule has 0 heterocycles. The van der Waals surface area contributed by atoms with E-state index in [0.29, 0.717) is 27.9 Å². The third-order valence-electron chi connectivity index (χ3n) is 4.21. The number of hydrogen-bond acceptors (Lipinski definition) is 4. The number of nitrogens with one attached hydrogen (secondary N) is 2. The van der Waals surface area contributed by atoms with E-state index in [2.05, 4.69) is 10.6 Å². The summed E-state index contributed by atoms with van der Waals surface area (Å²) >= 11 is 6.09. The number of aryl methyl sites for hydroxylation is 1. The molecule has 0 aliphatic carbocycles. The van der Waals surface area contributed by atoms with Crippen molar-refractivity contribution in [2.24, 2.45) is 5.41 Å². The predicted octanol–water partition coefficient (Wildman–Crippen LogP) is 4.27. The van der Waals surface area contributed by atoms with Crippen LogP contribution in [0, 0.1) is 12.3 Å². The van der Waals surface area contributed by atoms with Gasteiger partial charge in [0, 0.05) is 16.8 Å². The Morgan fingerprint density at radius 3 is 2.11 bits per heavy atom. The molecular formula is C20H23ClN2O4. The average Bonchev–Trinajstić information content (AvgIpc) is 2.64. The Kier molecular flexibility index (Phi) is 6.33. The van der Waals surface area contributed by atoms with Gasteiger partial charge >= 0.3 is 0 Å². The summed E-state index contributed by atoms with van der Waals surface area (Å²) < 4.78 is 10.3. The SMILES string of the molecule is COc1ccc(NC(=O)C(C)(C)C(=O)Nc2cc(C)c(Cl)cc2OC)cc1. The topological polar surface area (TPSA) is 76.7 Å². The summed E-state index contributed by atoms with van der Waals surface area (Å²) in [6.07, 6.45) is 0. The van der Waals surface area contributed by atoms with Crippen LogP contribution in [0.3, 0.4) is 0 Å². The Labute approximate surface area is 163 Å². The van der Waals surface area contributed by atoms with Crippen molar-refractivity contribution in [3.8, 4) is 11.5 Å². The van der Waals surface area contributed by atoms with E-state index < -0.39 is 17.2 Å². The minimum Gasteiger partial charge on any atom is -0.497 e. The van der Waals surface area contributed by atoms with Crippen molar-refractivity contribution in [3.63, 3.8) is 0 Å². The standard InChI is InChI=1S/C20H23ClN2O4/c1-12-10-16(17(27-5)11-15(12)21)23-19(25)20(2,3)18(24)22-13-6-8-14(26-4)9-7-13/h6-11H,1-5H3,(H,22,24)(H,23,25). The molecule has 0 saturated heterocycles. The highest BCUT2D eigenvalue weighted by Gasteiger charge is 2.36. The molecule has 6 nitrogen and oxygen atoms in total. The number of carbonyl (C=O) groups is 2. The molecule has 2 aromatic carbocycles. The van der Waals surface area contributed by atoms with Gasteiger partial charge < -0.3 is 20.1 Å². The predicted molar refractivity (Wildman–Crippen MR) is 107 cm³/mol. The Morgan fingerprint density at radius 1 is 0.963 bits per heavy atom. The monoisotopic (exact) mass is 390 g/mol. The molecule has 0 saturated carbocycles. The molecule has 0 atom stereocenters. The van der Waals surface area contributed by atoms with Crippen molar-refractivity contribution < 1.29 is 19.1 Å². The maximum atomic E-state index is 12.8. The fourth-order valence-corrected chi connectivity index (χ4v) is 2.43. The molecule has 0 aromatic heterocycles. The Morgan fingerprint density at radius 2 is 1.56 bits per heavy atom. The number of ether oxygens (including phenoxy) is 2. The van der Waals surface area contributed by atoms with Gasteiger partial charge in [-0.05, 0) is 56.7 Å². The third kappa shape index (κ3) is 4.71. The third-order valence-corrected chi connectivity index (χ3v) is 4.62. The Hall–Kier alpha value is -2.73. The number of methoxy groups -OCH3 is 2. The fraction of sp³-hybridized carbons (Fsp3) is 0.300. The van der Waals surface area contributed by atoms with Crippen LogP contribution in [-0.4, -0.2) is 26.0 Å². The van der Waals surface area contributed by atoms with Crippen LogP contribution >= 0.6 is 11.6 Å². The summed E-state index contributed by atoms with van der Waals surface area (Å²) in [5, 5.41) is 6.02. The van der Waals surface area contributed by atoms with Crippen LogP contribution in [0.4, 0.5) is 11.4 Å². The van der Waals surface area contributed by atoms with Gasteiger partial charge in [-0.3, -0.25) is 9.59 Å². The van der Waals surface area contributed by atoms with Gasteiger partial charge in [-0.1, -0.05) is 11.6 Å². The van der Waals surface area contributed by atoms with E-state index in [4.69, 9.17) is 21.1 Å². The number of anilines is 2. The minimum absolute atomic E-state index is 0.422. The van der Waals surface area contributed by atoms with Crippen molar-refractivity contribution >= 4 is 34.8 Å². The van der Waals surface area contributed by atoms with E-state index >= 15 is 0 Å². The first kappa shape index (κ1) is 20.6. The van der Waals surface area contributed by atoms with Gasteiger partial charge in [0.15, 0.2) is 0 Å². The molecule has 2 N–H and O–H groups in total. The number of hydrogen-bond donors (Lipinski definition) is 2. The zero-order valence-electron chi connectivity index (χ0n) is 16.0. The lowest BCUT2D eigenvalue weighted by molar-refractivity contribution is -0.135. The van der Waals surface area contributed by atoms with Crippen molar-refractivity contribution in [1.29, 1.82) is 0 Å². The first-order valence-electron chi connectivity index (χ1n) is 8.30. The zero-order valence-corrected chi connectivity index (χ0v) is 16.7. The zero-order chi connectivity index (χ0) is 20.2. The maximum absolute atomic E-state index is 12.8. The number of carbonyl (C=O) groups excluding carboxylic acids is 2. The molecule has 27 heavy (non-hydrogen) atoms. The van der Waals surface area contributed by atoms with E-state index in [1.807, 2.05) is 6.92 Å². The molecule has 0 aliphatic heterocycles. The molecule has 0 spiro atoms. The smallest absolute Gasteiger partial charge is 0.239 e. The molecule has 0 aliphatic rings. The lowest BCUT2D eigenvalue weighted by atomic mass is 9.90. The summed E-state index contributed by atoms with van der Waals surface area (Å²) in [4.78, 5) is 25.4. The summed E-state index contributed by atoms with van der Waals surface area (Å²) in [6, 6.07) is 10.2. The summed E-state index contributed by atoms with van der Waals surface area (Å²) in [7, 11) is 3.05. The molecule has 7 heteroatoms. The van der Waals surface area contributed by atoms with Crippen LogP contribution < -0.4 is 20.1 Å². The highest BCUT2D eigenvalue weighted by Crippen LogP contribution is 2.32. The average molecular weight is 391 g/mol. The van der Waals surface area contributed by atoms with Gasteiger partial charge in [-0.25, -0.2) is 0 Å². The largest absolute Gasteiger partial charge is 0.497 e. The van der Waals surface area contributed by atoms with Crippen LogP contribution in [0.2, 0.25) is 5.02 Å². The second-order valence-electron chi connectivity index (χ2n) is 6.56. The van der Waals surface area contributed by atoms with Crippen molar-refractivity contribution in [2.45, 2.75) is 20.8 Å². The number of rotatable bonds is 6. The van der Waals surface area contributed by atoms with Gasteiger partial charge in [0.2, 0.25) is 11.8 Å². The van der Waals surface area contributed by atoms with E-state index in [1.165, 1.54) is 7.11 Å². The van der Waals surface area contributed by atoms with Crippen LogP contribution in [0.15, 0.2) is 36.4 Å². The lowest BCUT2D eigenvalue weighted by Gasteiger charge is -2.23. The van der Waals surface area contributed by atoms with Crippen LogP contribution in [0.25, 0.3) is 0 Å². The van der Waals surface area contributed by atoms with E-state index in [1.54, 1.807) is 57.4 Å². The summed E-state index contributed by atoms with van der Waals surface area (Å²) in [5.74, 6) is 0.198. The lowest BCUT2D eigenvalue weighted by Crippen LogP contribution is -2.41. The molecular weight excluding hydrogens is 368 g/mol. The summed E-state index contributed by atoms with van der Waals surface area (Å²) in [6.45, 7) is 4.92. The van der Waals surface area contributed by atoms with Crippen LogP contribution in [-0.2, 0) is 9.59 Å². The van der Waals surface area contributed by atoms with Gasteiger partial charge in [-0.2, -0.15) is 0 Å². The first-order chi connectivity index (χ1) is 12.7. The second kappa shape index (κ2) is 8.31. The molecule has 0 fully saturated rings. The normalized spacial score (nSPS) is 10.9. The van der Waals surface area contributed by atoms with Crippen molar-refractivity contribution in [2.75, 3.05) is 24.9 Å². The van der Waals surface area contributed by atoms with Crippen molar-refractivity contribution in [3.05, 3.63) is 47.0 Å². The molecule has 0 radical (unpaired) electrons. The molecule has 2 rings (SSSR count). The van der Waals surface area contributed by atoms with E-state index in [-0.39, 0.29) is 0 Å². The molecule has 2 amide bonds. The molecule has 0 unspecified atom stereocenters. The molecule has 2 aromatic rings. The van der Waals surface area contributed by atoms with Gasteiger partial charge in [0.05, 0.1) is 19.9 Å². The fourth-order valence-electron chi connectivity index (χ4n) is 2.27. The number of benzene rings is 2. The summed E-state index contributed by atoms with van der Waals surface area (Å²) in [5.41, 5.74) is 0.489. The molecule has 0 bridgehead atoms. The highest BCUT2D eigenvalue weighted by atomic mass is 35.5. The molecule has 144 valence electrons. The van der Waals surface area contributed by atoms with E-state index in [0.717, 1.165) is 5.56 Å². The number of halogens is 1. The Balaban J connectivity index is 2.16. The minimum atomic E-state index is -1.32. The van der Waals surface area contributed by atoms with Crippen molar-refractivity contribution in [1.82, 2.24) is 0 Å². The van der Waals surface area contributed by atoms with Crippen LogP contribution in [0.1, 0.15) is 19.4 Å². The number of amides is 2. The van der Waals surface area contributed by atoms with Gasteiger partial charge in [-0.15, -0.1) is 0 Å². The quantitative estimate of drug-likeness (QED) is 0.722. The van der Waals surface area contributed by atoms with Crippen LogP contribution in [0.5, 0.6) is 11.5 Å². The maximum Gasteiger partial charge on any atom is 0.239 e. The van der Waals surface area contributed by atoms with Gasteiger partial charge in [0.1, 0.15) is 16.9 Å². The highest BCUT2D eigenvalue weighted by molar-refractivity contribution is 6.31. The Bertz CT molecular complexity index is 848. The first-order valence-corrected chi connectivity index (χ1v) is 8.68. The van der Waals surface area contributed by atoms with E-state index in [9.17, 15) is 9.59 Å². The second-order valence-corrected chi connectivity index (χ2v) is 6.97. The van der Waals surface area contributed by atoms with Gasteiger partial charge in [0.25, 0.3) is 0 Å².